The zero-order valence-corrected chi connectivity index (χ0v) is 13.2. The molecule has 5 nitrogen and oxygen atoms in total. The molecule has 116 valence electrons. The fourth-order valence-corrected chi connectivity index (χ4v) is 4.41. The summed E-state index contributed by atoms with van der Waals surface area (Å²) in [4.78, 5) is 16.0. The number of carbonyl (C=O) groups is 1. The quantitative estimate of drug-likeness (QED) is 0.793. The van der Waals surface area contributed by atoms with E-state index in [1.807, 2.05) is 0 Å². The van der Waals surface area contributed by atoms with E-state index < -0.39 is 0 Å². The van der Waals surface area contributed by atoms with E-state index in [1.165, 1.54) is 12.1 Å². The van der Waals surface area contributed by atoms with E-state index in [1.54, 1.807) is 35.7 Å². The first-order chi connectivity index (χ1) is 10.7. The second kappa shape index (κ2) is 7.15. The second-order valence-corrected chi connectivity index (χ2v) is 7.02. The summed E-state index contributed by atoms with van der Waals surface area (Å²) < 4.78 is 23.1. The number of thioether (sulfide) groups is 2. The average Bonchev–Trinajstić information content (AvgIpc) is 3.03. The van der Waals surface area contributed by atoms with E-state index in [0.717, 1.165) is 17.3 Å². The molecule has 2 heterocycles. The Bertz CT molecular complexity index is 642. The number of carbonyl (C=O) groups excluding carboxylic acids is 1. The Kier molecular flexibility index (Phi) is 4.99. The Labute approximate surface area is 135 Å². The van der Waals surface area contributed by atoms with Gasteiger partial charge in [0.2, 0.25) is 5.82 Å². The minimum atomic E-state index is -0.329. The number of esters is 1. The van der Waals surface area contributed by atoms with E-state index >= 15 is 0 Å². The van der Waals surface area contributed by atoms with E-state index in [0.29, 0.717) is 11.4 Å². The normalized spacial score (nSPS) is 18.1. The van der Waals surface area contributed by atoms with Crippen LogP contribution >= 0.6 is 23.5 Å². The summed E-state index contributed by atoms with van der Waals surface area (Å²) in [5.74, 6) is 2.78. The first-order valence-corrected chi connectivity index (χ1v) is 8.87. The van der Waals surface area contributed by atoms with Crippen LogP contribution in [0.3, 0.4) is 0 Å². The number of rotatable bonds is 4. The molecule has 1 aromatic carbocycles. The molecule has 1 atom stereocenters. The van der Waals surface area contributed by atoms with Crippen LogP contribution in [0.4, 0.5) is 4.39 Å². The Morgan fingerprint density at radius 2 is 2.18 bits per heavy atom. The van der Waals surface area contributed by atoms with Crippen molar-refractivity contribution in [2.24, 2.45) is 0 Å². The highest BCUT2D eigenvalue weighted by atomic mass is 32.2. The maximum Gasteiger partial charge on any atom is 0.320 e. The minimum Gasteiger partial charge on any atom is -0.455 e. The lowest BCUT2D eigenvalue weighted by molar-refractivity contribution is -0.144. The fourth-order valence-electron chi connectivity index (χ4n) is 1.88. The van der Waals surface area contributed by atoms with Crippen LogP contribution in [0.25, 0.3) is 11.4 Å². The molecule has 0 aliphatic carbocycles. The van der Waals surface area contributed by atoms with Crippen LogP contribution < -0.4 is 0 Å². The van der Waals surface area contributed by atoms with Crippen LogP contribution in [-0.2, 0) is 16.1 Å². The average molecular weight is 340 g/mol. The number of halogens is 1. The molecule has 1 aliphatic rings. The lowest BCUT2D eigenvalue weighted by atomic mass is 10.2. The molecule has 0 bridgehead atoms. The zero-order valence-electron chi connectivity index (χ0n) is 11.5. The van der Waals surface area contributed by atoms with E-state index in [4.69, 9.17) is 9.26 Å². The summed E-state index contributed by atoms with van der Waals surface area (Å²) in [6, 6.07) is 5.77. The molecule has 0 spiro atoms. The van der Waals surface area contributed by atoms with Gasteiger partial charge in [0.15, 0.2) is 6.61 Å². The summed E-state index contributed by atoms with van der Waals surface area (Å²) >= 11 is 3.36. The van der Waals surface area contributed by atoms with Gasteiger partial charge >= 0.3 is 5.97 Å². The van der Waals surface area contributed by atoms with Gasteiger partial charge in [0.05, 0.1) is 0 Å². The fraction of sp³-hybridized carbons (Fsp3) is 0.357. The number of ether oxygens (including phenoxy) is 1. The first-order valence-electron chi connectivity index (χ1n) is 6.67. The van der Waals surface area contributed by atoms with Crippen molar-refractivity contribution in [1.82, 2.24) is 10.1 Å². The monoisotopic (exact) mass is 340 g/mol. The number of hydrogen-bond donors (Lipinski definition) is 0. The molecule has 2 aromatic rings. The van der Waals surface area contributed by atoms with Gasteiger partial charge in [0, 0.05) is 22.8 Å². The molecule has 0 amide bonds. The molecule has 0 radical (unpaired) electrons. The van der Waals surface area contributed by atoms with Crippen molar-refractivity contribution in [3.05, 3.63) is 36.0 Å². The maximum atomic E-state index is 12.9. The van der Waals surface area contributed by atoms with Crippen molar-refractivity contribution in [3.8, 4) is 11.4 Å². The summed E-state index contributed by atoms with van der Waals surface area (Å²) in [6.07, 6.45) is 0. The van der Waals surface area contributed by atoms with Crippen molar-refractivity contribution in [2.75, 3.05) is 17.3 Å². The highest BCUT2D eigenvalue weighted by molar-refractivity contribution is 8.07. The maximum absolute atomic E-state index is 12.9. The van der Waals surface area contributed by atoms with Gasteiger partial charge in [-0.3, -0.25) is 4.79 Å². The Morgan fingerprint density at radius 1 is 1.36 bits per heavy atom. The van der Waals surface area contributed by atoms with Crippen molar-refractivity contribution in [1.29, 1.82) is 0 Å². The smallest absolute Gasteiger partial charge is 0.320 e. The molecule has 1 saturated heterocycles. The third-order valence-corrected chi connectivity index (χ3v) is 5.72. The molecule has 0 N–H and O–H groups in total. The van der Waals surface area contributed by atoms with Crippen molar-refractivity contribution in [2.45, 2.75) is 11.9 Å². The van der Waals surface area contributed by atoms with Crippen LogP contribution in [0.15, 0.2) is 28.8 Å². The van der Waals surface area contributed by atoms with E-state index in [-0.39, 0.29) is 29.5 Å². The van der Waals surface area contributed by atoms with Gasteiger partial charge < -0.3 is 9.26 Å². The molecular formula is C14H13FN2O3S2. The number of aromatic nitrogens is 2. The van der Waals surface area contributed by atoms with Crippen LogP contribution in [0.5, 0.6) is 0 Å². The van der Waals surface area contributed by atoms with Crippen LogP contribution in [0.1, 0.15) is 5.89 Å². The van der Waals surface area contributed by atoms with Crippen molar-refractivity contribution in [3.63, 3.8) is 0 Å². The number of hydrogen-bond acceptors (Lipinski definition) is 7. The third kappa shape index (κ3) is 3.80. The van der Waals surface area contributed by atoms with Gasteiger partial charge in [0.1, 0.15) is 11.1 Å². The predicted octanol–water partition coefficient (Wildman–Crippen LogP) is 2.77. The zero-order chi connectivity index (χ0) is 15.4. The molecule has 3 rings (SSSR count). The minimum absolute atomic E-state index is 0.0469. The molecule has 8 heteroatoms. The Balaban J connectivity index is 1.57. The summed E-state index contributed by atoms with van der Waals surface area (Å²) in [5.41, 5.74) is 0.641. The van der Waals surface area contributed by atoms with Crippen molar-refractivity contribution < 1.29 is 18.4 Å². The topological polar surface area (TPSA) is 65.2 Å². The van der Waals surface area contributed by atoms with Crippen molar-refractivity contribution >= 4 is 29.5 Å². The van der Waals surface area contributed by atoms with E-state index in [9.17, 15) is 9.18 Å². The molecule has 1 fully saturated rings. The Morgan fingerprint density at radius 3 is 2.91 bits per heavy atom. The lowest BCUT2D eigenvalue weighted by Gasteiger charge is -2.18. The van der Waals surface area contributed by atoms with Gasteiger partial charge in [-0.15, -0.1) is 11.8 Å². The second-order valence-electron chi connectivity index (χ2n) is 4.56. The van der Waals surface area contributed by atoms with Gasteiger partial charge in [-0.05, 0) is 24.3 Å². The Hall–Kier alpha value is -1.54. The number of nitrogens with zero attached hydrogens (tertiary/aromatic N) is 2. The van der Waals surface area contributed by atoms with Gasteiger partial charge in [-0.2, -0.15) is 16.7 Å². The standard InChI is InChI=1S/C14H13FN2O3S2/c15-10-3-1-9(2-4-10)13-16-12(20-17-13)7-19-14(18)11-8-21-5-6-22-11/h1-4,11H,5-8H2/t11-/m0/s1. The van der Waals surface area contributed by atoms with Crippen LogP contribution in [-0.4, -0.2) is 38.6 Å². The SMILES string of the molecule is O=C(OCc1nc(-c2ccc(F)cc2)no1)[C@@H]1CSCCS1. The molecular weight excluding hydrogens is 327 g/mol. The predicted molar refractivity (Wildman–Crippen MR) is 83.1 cm³/mol. The molecule has 22 heavy (non-hydrogen) atoms. The lowest BCUT2D eigenvalue weighted by Crippen LogP contribution is -2.26. The largest absolute Gasteiger partial charge is 0.455 e. The number of benzene rings is 1. The van der Waals surface area contributed by atoms with Crippen LogP contribution in [0, 0.1) is 5.82 Å². The summed E-state index contributed by atoms with van der Waals surface area (Å²) in [6.45, 7) is -0.0469. The summed E-state index contributed by atoms with van der Waals surface area (Å²) in [5, 5.41) is 3.67. The molecule has 0 unspecified atom stereocenters. The molecule has 0 saturated carbocycles. The third-order valence-electron chi connectivity index (χ3n) is 2.99. The van der Waals surface area contributed by atoms with Gasteiger partial charge in [0.25, 0.3) is 5.89 Å². The van der Waals surface area contributed by atoms with Gasteiger partial charge in [-0.25, -0.2) is 4.39 Å². The van der Waals surface area contributed by atoms with Crippen LogP contribution in [0.2, 0.25) is 0 Å². The first kappa shape index (κ1) is 15.4. The van der Waals surface area contributed by atoms with E-state index in [2.05, 4.69) is 10.1 Å². The molecule has 1 aromatic heterocycles. The van der Waals surface area contributed by atoms with Gasteiger partial charge in [-0.1, -0.05) is 5.16 Å². The summed E-state index contributed by atoms with van der Waals surface area (Å²) in [7, 11) is 0. The highest BCUT2D eigenvalue weighted by Crippen LogP contribution is 2.25. The highest BCUT2D eigenvalue weighted by Gasteiger charge is 2.24. The molecule has 1 aliphatic heterocycles.